The average Bonchev–Trinajstić information content (AvgIpc) is 3.09. The van der Waals surface area contributed by atoms with Crippen molar-refractivity contribution in [3.05, 3.63) is 65.2 Å². The van der Waals surface area contributed by atoms with E-state index in [0.717, 1.165) is 34.6 Å². The molecule has 2 fully saturated rings. The van der Waals surface area contributed by atoms with Crippen LogP contribution < -0.4 is 10.2 Å². The van der Waals surface area contributed by atoms with Gasteiger partial charge in [0.05, 0.1) is 0 Å². The Morgan fingerprint density at radius 3 is 2.38 bits per heavy atom. The topological polar surface area (TPSA) is 90.0 Å². The zero-order valence-corrected chi connectivity index (χ0v) is 19.3. The molecular weight excluding hydrogens is 432 g/mol. The molecule has 34 heavy (non-hydrogen) atoms. The molecule has 2 saturated heterocycles. The fourth-order valence-electron chi connectivity index (χ4n) is 5.31. The van der Waals surface area contributed by atoms with Crippen molar-refractivity contribution in [1.29, 1.82) is 0 Å². The van der Waals surface area contributed by atoms with Gasteiger partial charge in [-0.25, -0.2) is 4.79 Å². The second-order valence-corrected chi connectivity index (χ2v) is 9.21. The van der Waals surface area contributed by atoms with Crippen molar-refractivity contribution >= 4 is 29.3 Å². The van der Waals surface area contributed by atoms with Crippen molar-refractivity contribution < 1.29 is 19.2 Å². The predicted molar refractivity (Wildman–Crippen MR) is 127 cm³/mol. The Kier molecular flexibility index (Phi) is 5.59. The highest BCUT2D eigenvalue weighted by Gasteiger charge is 2.54. The molecule has 0 aromatic heterocycles. The molecular formula is C26H28N4O4. The lowest BCUT2D eigenvalue weighted by atomic mass is 9.76. The molecule has 1 unspecified atom stereocenters. The minimum absolute atomic E-state index is 0.0287. The molecule has 0 radical (unpaired) electrons. The third-order valence-electron chi connectivity index (χ3n) is 7.22. The van der Waals surface area contributed by atoms with Crippen molar-refractivity contribution in [2.75, 3.05) is 37.6 Å². The first-order chi connectivity index (χ1) is 16.4. The number of aryl methyl sites for hydroxylation is 1. The summed E-state index contributed by atoms with van der Waals surface area (Å²) < 4.78 is 0. The number of hydrogen-bond donors (Lipinski definition) is 1. The van der Waals surface area contributed by atoms with Crippen LogP contribution in [-0.4, -0.2) is 66.2 Å². The third-order valence-corrected chi connectivity index (χ3v) is 7.22. The average molecular weight is 461 g/mol. The van der Waals surface area contributed by atoms with Crippen LogP contribution in [0.15, 0.2) is 48.5 Å². The molecule has 2 heterocycles. The number of nitrogens with one attached hydrogen (secondary N) is 1. The third kappa shape index (κ3) is 3.73. The molecule has 2 aromatic rings. The number of hydrogen-bond acceptors (Lipinski definition) is 5. The molecule has 3 aliphatic rings. The van der Waals surface area contributed by atoms with Crippen molar-refractivity contribution in [2.45, 2.75) is 31.7 Å². The summed E-state index contributed by atoms with van der Waals surface area (Å²) in [5.74, 6) is -0.528. The Morgan fingerprint density at radius 1 is 0.971 bits per heavy atom. The normalized spacial score (nSPS) is 22.1. The lowest BCUT2D eigenvalue weighted by Gasteiger charge is -2.36. The van der Waals surface area contributed by atoms with Gasteiger partial charge in [-0.15, -0.1) is 0 Å². The van der Waals surface area contributed by atoms with E-state index in [9.17, 15) is 19.2 Å². The molecule has 1 aliphatic carbocycles. The first kappa shape index (κ1) is 22.1. The summed E-state index contributed by atoms with van der Waals surface area (Å²) in [5, 5.41) is 2.91. The largest absolute Gasteiger partial charge is 0.368 e. The molecule has 2 aliphatic heterocycles. The number of anilines is 1. The van der Waals surface area contributed by atoms with E-state index in [1.807, 2.05) is 48.5 Å². The smallest absolute Gasteiger partial charge is 0.325 e. The van der Waals surface area contributed by atoms with Gasteiger partial charge in [0, 0.05) is 37.4 Å². The Bertz CT molecular complexity index is 1150. The maximum absolute atomic E-state index is 13.4. The molecule has 8 heteroatoms. The summed E-state index contributed by atoms with van der Waals surface area (Å²) in [4.78, 5) is 55.7. The quantitative estimate of drug-likeness (QED) is 0.559. The fourth-order valence-corrected chi connectivity index (χ4v) is 5.31. The number of nitrogens with zero attached hydrogens (tertiary/aromatic N) is 3. The first-order valence-electron chi connectivity index (χ1n) is 11.8. The Balaban J connectivity index is 1.23. The molecule has 0 saturated carbocycles. The van der Waals surface area contributed by atoms with E-state index in [1.54, 1.807) is 11.8 Å². The molecule has 1 N–H and O–H groups in total. The number of ketones is 1. The highest BCUT2D eigenvalue weighted by molar-refractivity contribution is 6.09. The Labute approximate surface area is 198 Å². The zero-order valence-electron chi connectivity index (χ0n) is 19.3. The second-order valence-electron chi connectivity index (χ2n) is 9.21. The molecule has 1 spiro atoms. The maximum Gasteiger partial charge on any atom is 0.325 e. The highest BCUT2D eigenvalue weighted by atomic mass is 16.2. The van der Waals surface area contributed by atoms with Crippen LogP contribution in [0.1, 0.15) is 41.3 Å². The number of fused-ring (bicyclic) bond motifs is 2. The number of piperazine rings is 1. The molecule has 5 rings (SSSR count). The number of rotatable bonds is 4. The van der Waals surface area contributed by atoms with E-state index in [4.69, 9.17) is 0 Å². The summed E-state index contributed by atoms with van der Waals surface area (Å²) in [6.07, 6.45) is 2.22. The minimum Gasteiger partial charge on any atom is -0.368 e. The number of benzene rings is 2. The molecule has 1 atom stereocenters. The van der Waals surface area contributed by atoms with Crippen LogP contribution >= 0.6 is 0 Å². The molecule has 8 nitrogen and oxygen atoms in total. The van der Waals surface area contributed by atoms with Crippen molar-refractivity contribution in [2.24, 2.45) is 0 Å². The molecule has 176 valence electrons. The minimum atomic E-state index is -1.06. The number of imide groups is 1. The van der Waals surface area contributed by atoms with Crippen LogP contribution in [0.2, 0.25) is 0 Å². The predicted octanol–water partition coefficient (Wildman–Crippen LogP) is 2.32. The van der Waals surface area contributed by atoms with Crippen LogP contribution in [0.25, 0.3) is 0 Å². The van der Waals surface area contributed by atoms with E-state index in [1.165, 1.54) is 0 Å². The fraction of sp³-hybridized carbons (Fsp3) is 0.385. The lowest BCUT2D eigenvalue weighted by Crippen LogP contribution is -2.52. The summed E-state index contributed by atoms with van der Waals surface area (Å²) in [6.45, 7) is 3.59. The van der Waals surface area contributed by atoms with E-state index < -0.39 is 11.6 Å². The SMILES string of the molecule is CC(=O)c1ccc(N2CCN(C(=O)CN3C(=O)NC4(CCCc5ccccc54)C3=O)CC2)cc1. The van der Waals surface area contributed by atoms with Crippen LogP contribution in [0, 0.1) is 0 Å². The second kappa shape index (κ2) is 8.59. The lowest BCUT2D eigenvalue weighted by molar-refractivity contribution is -0.139. The van der Waals surface area contributed by atoms with Crippen LogP contribution in [0.4, 0.5) is 10.5 Å². The van der Waals surface area contributed by atoms with Crippen LogP contribution in [0.3, 0.4) is 0 Å². The van der Waals surface area contributed by atoms with Gasteiger partial charge >= 0.3 is 6.03 Å². The van der Waals surface area contributed by atoms with Gasteiger partial charge in [-0.3, -0.25) is 19.3 Å². The molecule has 4 amide bonds. The maximum atomic E-state index is 13.4. The first-order valence-corrected chi connectivity index (χ1v) is 11.8. The van der Waals surface area contributed by atoms with Gasteiger partial charge in [-0.2, -0.15) is 0 Å². The van der Waals surface area contributed by atoms with Gasteiger partial charge in [0.15, 0.2) is 5.78 Å². The van der Waals surface area contributed by atoms with Gasteiger partial charge in [0.25, 0.3) is 5.91 Å². The zero-order chi connectivity index (χ0) is 23.9. The van der Waals surface area contributed by atoms with Gasteiger partial charge in [0.2, 0.25) is 5.91 Å². The summed E-state index contributed by atoms with van der Waals surface area (Å²) >= 11 is 0. The van der Waals surface area contributed by atoms with E-state index in [0.29, 0.717) is 38.2 Å². The number of amides is 4. The number of carbonyl (C=O) groups is 4. The number of carbonyl (C=O) groups excluding carboxylic acids is 4. The van der Waals surface area contributed by atoms with Gasteiger partial charge in [-0.05, 0) is 61.6 Å². The van der Waals surface area contributed by atoms with E-state index in [2.05, 4.69) is 10.2 Å². The van der Waals surface area contributed by atoms with Gasteiger partial charge < -0.3 is 15.1 Å². The standard InChI is InChI=1S/C26H28N4O4/c1-18(31)19-8-10-21(11-9-19)28-13-15-29(16-14-28)23(32)17-30-24(33)26(27-25(30)34)12-4-6-20-5-2-3-7-22(20)26/h2-3,5,7-11H,4,6,12-17H2,1H3,(H,27,34). The van der Waals surface area contributed by atoms with E-state index >= 15 is 0 Å². The molecule has 2 aromatic carbocycles. The number of Topliss-reactive ketones (excluding diaryl/α,β-unsaturated/α-hetero) is 1. The van der Waals surface area contributed by atoms with Crippen molar-refractivity contribution in [1.82, 2.24) is 15.1 Å². The van der Waals surface area contributed by atoms with Crippen LogP contribution in [0.5, 0.6) is 0 Å². The Hall–Kier alpha value is -3.68. The van der Waals surface area contributed by atoms with Gasteiger partial charge in [-0.1, -0.05) is 24.3 Å². The Morgan fingerprint density at radius 2 is 1.68 bits per heavy atom. The summed E-state index contributed by atoms with van der Waals surface area (Å²) in [5.41, 5.74) is 2.53. The van der Waals surface area contributed by atoms with Gasteiger partial charge in [0.1, 0.15) is 12.1 Å². The van der Waals surface area contributed by atoms with E-state index in [-0.39, 0.29) is 24.1 Å². The highest BCUT2D eigenvalue weighted by Crippen LogP contribution is 2.39. The number of urea groups is 1. The molecule has 0 bridgehead atoms. The van der Waals surface area contributed by atoms with Crippen molar-refractivity contribution in [3.8, 4) is 0 Å². The van der Waals surface area contributed by atoms with Crippen molar-refractivity contribution in [3.63, 3.8) is 0 Å². The monoisotopic (exact) mass is 460 g/mol. The van der Waals surface area contributed by atoms with Crippen LogP contribution in [-0.2, 0) is 21.5 Å². The summed E-state index contributed by atoms with van der Waals surface area (Å²) in [6, 6.07) is 14.7. The summed E-state index contributed by atoms with van der Waals surface area (Å²) in [7, 11) is 0.